The minimum atomic E-state index is -4.53. The van der Waals surface area contributed by atoms with Gasteiger partial charge in [-0.2, -0.15) is 23.3 Å². The molecule has 2 atom stereocenters. The molecule has 40 heavy (non-hydrogen) atoms. The summed E-state index contributed by atoms with van der Waals surface area (Å²) in [5.74, 6) is -1.91. The molecule has 5 rings (SSSR count). The predicted molar refractivity (Wildman–Crippen MR) is 145 cm³/mol. The van der Waals surface area contributed by atoms with Gasteiger partial charge < -0.3 is 10.1 Å². The van der Waals surface area contributed by atoms with Crippen LogP contribution in [0.5, 0.6) is 0 Å². The first-order valence-corrected chi connectivity index (χ1v) is 13.0. The number of carbonyl (C=O) groups excluding carboxylic acids is 2. The summed E-state index contributed by atoms with van der Waals surface area (Å²) >= 11 is 0. The number of rotatable bonds is 7. The molecule has 1 amide bonds. The van der Waals surface area contributed by atoms with Gasteiger partial charge in [0.25, 0.3) is 5.91 Å². The van der Waals surface area contributed by atoms with Crippen molar-refractivity contribution in [2.24, 2.45) is 10.5 Å². The van der Waals surface area contributed by atoms with Gasteiger partial charge in [0.15, 0.2) is 0 Å². The molecule has 206 valence electrons. The third-order valence-electron chi connectivity index (χ3n) is 7.45. The number of esters is 1. The van der Waals surface area contributed by atoms with Crippen LogP contribution in [0.4, 0.5) is 18.9 Å². The van der Waals surface area contributed by atoms with E-state index in [-0.39, 0.29) is 24.5 Å². The lowest BCUT2D eigenvalue weighted by Crippen LogP contribution is -2.43. The van der Waals surface area contributed by atoms with Crippen molar-refractivity contribution >= 4 is 23.3 Å². The number of nitrogens with one attached hydrogen (secondary N) is 1. The van der Waals surface area contributed by atoms with Crippen LogP contribution in [0.1, 0.15) is 42.9 Å². The largest absolute Gasteiger partial charge is 0.463 e. The van der Waals surface area contributed by atoms with Crippen LogP contribution < -0.4 is 10.3 Å². The zero-order valence-corrected chi connectivity index (χ0v) is 22.0. The number of carbonyl (C=O) groups is 2. The average Bonchev–Trinajstić information content (AvgIpc) is 3.43. The molecule has 0 saturated heterocycles. The number of halogens is 3. The molecule has 0 saturated carbocycles. The second kappa shape index (κ2) is 10.6. The molecule has 2 aliphatic rings. The highest BCUT2D eigenvalue weighted by molar-refractivity contribution is 6.21. The number of benzene rings is 3. The van der Waals surface area contributed by atoms with Crippen LogP contribution in [0.25, 0.3) is 0 Å². The van der Waals surface area contributed by atoms with E-state index in [4.69, 9.17) is 4.74 Å². The number of hydrogen-bond donors (Lipinski definition) is 1. The number of ether oxygens (including phenoxy) is 1. The van der Waals surface area contributed by atoms with Crippen LogP contribution in [0.3, 0.4) is 0 Å². The highest BCUT2D eigenvalue weighted by Crippen LogP contribution is 2.57. The van der Waals surface area contributed by atoms with Gasteiger partial charge in [-0.25, -0.2) is 4.79 Å². The molecule has 9 heteroatoms. The van der Waals surface area contributed by atoms with Crippen LogP contribution in [0.2, 0.25) is 0 Å². The lowest BCUT2D eigenvalue weighted by Gasteiger charge is -2.32. The van der Waals surface area contributed by atoms with Gasteiger partial charge in [-0.15, -0.1) is 0 Å². The molecule has 2 unspecified atom stereocenters. The first-order chi connectivity index (χ1) is 19.2. The zero-order valence-electron chi connectivity index (χ0n) is 22.0. The highest BCUT2D eigenvalue weighted by Gasteiger charge is 2.61. The van der Waals surface area contributed by atoms with E-state index in [9.17, 15) is 22.8 Å². The molecule has 1 aliphatic heterocycles. The third kappa shape index (κ3) is 4.76. The van der Waals surface area contributed by atoms with Crippen LogP contribution in [-0.4, -0.2) is 24.2 Å². The number of anilines is 1. The number of alkyl halides is 3. The Morgan fingerprint density at radius 2 is 1.65 bits per heavy atom. The molecule has 0 radical (unpaired) electrons. The lowest BCUT2D eigenvalue weighted by atomic mass is 9.68. The van der Waals surface area contributed by atoms with Gasteiger partial charge in [-0.3, -0.25) is 4.79 Å². The maximum Gasteiger partial charge on any atom is 0.416 e. The van der Waals surface area contributed by atoms with Crippen LogP contribution in [-0.2, 0) is 27.0 Å². The van der Waals surface area contributed by atoms with Gasteiger partial charge >= 0.3 is 12.1 Å². The van der Waals surface area contributed by atoms with Crippen LogP contribution >= 0.6 is 0 Å². The first kappa shape index (κ1) is 27.2. The highest BCUT2D eigenvalue weighted by atomic mass is 19.4. The van der Waals surface area contributed by atoms with E-state index in [0.717, 1.165) is 17.7 Å². The Hall–Kier alpha value is -4.40. The van der Waals surface area contributed by atoms with E-state index >= 15 is 0 Å². The fraction of sp³-hybridized carbons (Fsp3) is 0.258. The maximum atomic E-state index is 14.3. The standard InChI is InChI=1S/C31H28F3N3O3/c1-3-40-28(38)26-25(35-19-21-10-6-4-7-11-21)18-30(27(26)22-14-16-23(17-15-22)31(32,33)34)20(2)36-37(29(30)39)24-12-8-5-9-13-24/h4-17,27,35H,3,18-19H2,1-2H3. The maximum absolute atomic E-state index is 14.3. The van der Waals surface area contributed by atoms with Gasteiger partial charge in [0, 0.05) is 24.6 Å². The Morgan fingerprint density at radius 1 is 1.02 bits per heavy atom. The van der Waals surface area contributed by atoms with E-state index < -0.39 is 29.0 Å². The summed E-state index contributed by atoms with van der Waals surface area (Å²) in [6.45, 7) is 3.87. The fourth-order valence-corrected chi connectivity index (χ4v) is 5.53. The summed E-state index contributed by atoms with van der Waals surface area (Å²) in [5, 5.41) is 9.27. The van der Waals surface area contributed by atoms with Crippen LogP contribution in [0, 0.1) is 5.41 Å². The molecule has 0 aromatic heterocycles. The summed E-state index contributed by atoms with van der Waals surface area (Å²) in [6.07, 6.45) is -4.42. The Labute approximate surface area is 230 Å². The average molecular weight is 548 g/mol. The molecule has 0 fully saturated rings. The topological polar surface area (TPSA) is 71.0 Å². The van der Waals surface area contributed by atoms with E-state index in [1.165, 1.54) is 17.1 Å². The van der Waals surface area contributed by atoms with Crippen molar-refractivity contribution in [3.8, 4) is 0 Å². The van der Waals surface area contributed by atoms with E-state index in [0.29, 0.717) is 29.2 Å². The van der Waals surface area contributed by atoms with Gasteiger partial charge in [0.05, 0.1) is 29.1 Å². The van der Waals surface area contributed by atoms with Gasteiger partial charge in [0.1, 0.15) is 5.41 Å². The molecule has 0 bridgehead atoms. The second-order valence-corrected chi connectivity index (χ2v) is 9.79. The van der Waals surface area contributed by atoms with Crippen molar-refractivity contribution < 1.29 is 27.5 Å². The fourth-order valence-electron chi connectivity index (χ4n) is 5.53. The second-order valence-electron chi connectivity index (χ2n) is 9.79. The quantitative estimate of drug-likeness (QED) is 0.357. The molecular weight excluding hydrogens is 519 g/mol. The lowest BCUT2D eigenvalue weighted by molar-refractivity contribution is -0.139. The van der Waals surface area contributed by atoms with Crippen molar-refractivity contribution in [1.82, 2.24) is 5.32 Å². The summed E-state index contributed by atoms with van der Waals surface area (Å²) in [4.78, 5) is 27.8. The normalized spacial score (nSPS) is 20.7. The minimum Gasteiger partial charge on any atom is -0.463 e. The molecule has 3 aromatic carbocycles. The number of allylic oxidation sites excluding steroid dienone is 1. The smallest absolute Gasteiger partial charge is 0.416 e. The molecular formula is C31H28F3N3O3. The molecule has 1 aliphatic carbocycles. The monoisotopic (exact) mass is 547 g/mol. The first-order valence-electron chi connectivity index (χ1n) is 13.0. The Balaban J connectivity index is 1.65. The molecule has 1 heterocycles. The Morgan fingerprint density at radius 3 is 2.25 bits per heavy atom. The molecule has 6 nitrogen and oxygen atoms in total. The van der Waals surface area contributed by atoms with Crippen molar-refractivity contribution in [3.63, 3.8) is 0 Å². The predicted octanol–water partition coefficient (Wildman–Crippen LogP) is 6.21. The van der Waals surface area contributed by atoms with Crippen molar-refractivity contribution in [3.05, 3.63) is 113 Å². The van der Waals surface area contributed by atoms with Crippen LogP contribution in [0.15, 0.2) is 101 Å². The van der Waals surface area contributed by atoms with E-state index in [1.54, 1.807) is 38.1 Å². The van der Waals surface area contributed by atoms with E-state index in [2.05, 4.69) is 10.4 Å². The SMILES string of the molecule is CCOC(=O)C1=C(NCc2ccccc2)CC2(C(=O)N(c3ccccc3)N=C2C)C1c1ccc(C(F)(F)F)cc1. The summed E-state index contributed by atoms with van der Waals surface area (Å²) in [5.41, 5.74) is 0.936. The van der Waals surface area contributed by atoms with Crippen molar-refractivity contribution in [2.45, 2.75) is 38.9 Å². The van der Waals surface area contributed by atoms with Gasteiger partial charge in [0.2, 0.25) is 0 Å². The van der Waals surface area contributed by atoms with Gasteiger partial charge in [-0.05, 0) is 49.2 Å². The zero-order chi connectivity index (χ0) is 28.5. The summed E-state index contributed by atoms with van der Waals surface area (Å²) in [6, 6.07) is 23.1. The number of hydrazone groups is 1. The molecule has 3 aromatic rings. The third-order valence-corrected chi connectivity index (χ3v) is 7.45. The van der Waals surface area contributed by atoms with E-state index in [1.807, 2.05) is 36.4 Å². The summed E-state index contributed by atoms with van der Waals surface area (Å²) < 4.78 is 45.7. The molecule has 1 N–H and O–H groups in total. The van der Waals surface area contributed by atoms with Crippen molar-refractivity contribution in [1.29, 1.82) is 0 Å². The van der Waals surface area contributed by atoms with Gasteiger partial charge in [-0.1, -0.05) is 60.7 Å². The molecule has 1 spiro atoms. The Kier molecular flexibility index (Phi) is 7.23. The minimum absolute atomic E-state index is 0.0954. The number of para-hydroxylation sites is 1. The van der Waals surface area contributed by atoms with Crippen molar-refractivity contribution in [2.75, 3.05) is 11.6 Å². The number of hydrogen-bond acceptors (Lipinski definition) is 5. The summed E-state index contributed by atoms with van der Waals surface area (Å²) in [7, 11) is 0. The number of amides is 1. The Bertz CT molecular complexity index is 1470. The number of nitrogens with zero attached hydrogens (tertiary/aromatic N) is 2.